The molecule has 2 aliphatic heterocycles. The van der Waals surface area contributed by atoms with E-state index in [1.54, 1.807) is 18.2 Å². The molecule has 9 nitrogen and oxygen atoms in total. The van der Waals surface area contributed by atoms with E-state index in [9.17, 15) is 14.0 Å². The molecule has 0 spiro atoms. The molecular formula is C27H43FN4O5. The van der Waals surface area contributed by atoms with Crippen LogP contribution in [-0.4, -0.2) is 83.2 Å². The molecule has 0 aromatic heterocycles. The van der Waals surface area contributed by atoms with E-state index in [0.29, 0.717) is 31.1 Å². The Labute approximate surface area is 219 Å². The van der Waals surface area contributed by atoms with Gasteiger partial charge in [0.1, 0.15) is 5.82 Å². The number of rotatable bonds is 11. The van der Waals surface area contributed by atoms with E-state index >= 15 is 0 Å². The van der Waals surface area contributed by atoms with Crippen molar-refractivity contribution in [2.75, 3.05) is 60.2 Å². The van der Waals surface area contributed by atoms with Crippen LogP contribution in [0.15, 0.2) is 24.3 Å². The highest BCUT2D eigenvalue weighted by molar-refractivity contribution is 5.74. The van der Waals surface area contributed by atoms with Crippen LogP contribution < -0.4 is 16.0 Å². The van der Waals surface area contributed by atoms with Crippen LogP contribution in [0, 0.1) is 17.7 Å². The number of amides is 3. The number of halogens is 1. The molecule has 2 unspecified atom stereocenters. The third kappa shape index (κ3) is 9.43. The van der Waals surface area contributed by atoms with Crippen molar-refractivity contribution in [1.29, 1.82) is 0 Å². The van der Waals surface area contributed by atoms with Gasteiger partial charge in [0.15, 0.2) is 0 Å². The van der Waals surface area contributed by atoms with Gasteiger partial charge in [-0.15, -0.1) is 0 Å². The quantitative estimate of drug-likeness (QED) is 0.385. The Balaban J connectivity index is 1.62. The molecule has 3 amide bonds. The van der Waals surface area contributed by atoms with Gasteiger partial charge in [0.25, 0.3) is 0 Å². The predicted octanol–water partition coefficient (Wildman–Crippen LogP) is 3.46. The molecule has 0 saturated carbocycles. The minimum atomic E-state index is -0.543. The van der Waals surface area contributed by atoms with Gasteiger partial charge >= 0.3 is 12.1 Å². The van der Waals surface area contributed by atoms with E-state index in [4.69, 9.17) is 9.47 Å². The van der Waals surface area contributed by atoms with Gasteiger partial charge in [0.05, 0.1) is 19.8 Å². The first-order valence-corrected chi connectivity index (χ1v) is 13.5. The summed E-state index contributed by atoms with van der Waals surface area (Å²) in [7, 11) is 3.19. The fourth-order valence-corrected chi connectivity index (χ4v) is 5.30. The van der Waals surface area contributed by atoms with Gasteiger partial charge in [-0.2, -0.15) is 0 Å². The van der Waals surface area contributed by atoms with Crippen LogP contribution in [0.2, 0.25) is 0 Å². The van der Waals surface area contributed by atoms with Crippen molar-refractivity contribution in [1.82, 2.24) is 20.9 Å². The molecule has 2 heterocycles. The number of carbonyl (C=O) groups is 2. The van der Waals surface area contributed by atoms with Crippen LogP contribution >= 0.6 is 0 Å². The Morgan fingerprint density at radius 3 is 2.84 bits per heavy atom. The molecule has 10 heteroatoms. The molecule has 2 aliphatic rings. The molecule has 1 aromatic carbocycles. The van der Waals surface area contributed by atoms with E-state index in [1.165, 1.54) is 13.2 Å². The Kier molecular flexibility index (Phi) is 12.4. The average Bonchev–Trinajstić information content (AvgIpc) is 3.18. The highest BCUT2D eigenvalue weighted by Crippen LogP contribution is 2.34. The van der Waals surface area contributed by atoms with Gasteiger partial charge in [-0.3, -0.25) is 0 Å². The smallest absolute Gasteiger partial charge is 0.406 e. The first-order valence-electron chi connectivity index (χ1n) is 13.5. The third-order valence-corrected chi connectivity index (χ3v) is 7.14. The third-order valence-electron chi connectivity index (χ3n) is 7.14. The number of urea groups is 1. The highest BCUT2D eigenvalue weighted by Gasteiger charge is 2.33. The summed E-state index contributed by atoms with van der Waals surface area (Å²) in [4.78, 5) is 26.5. The van der Waals surface area contributed by atoms with Crippen LogP contribution in [0.25, 0.3) is 0 Å². The number of ether oxygens (including phenoxy) is 3. The van der Waals surface area contributed by atoms with Crippen LogP contribution in [0.1, 0.15) is 50.2 Å². The summed E-state index contributed by atoms with van der Waals surface area (Å²) in [5, 5.41) is 9.02. The van der Waals surface area contributed by atoms with Crippen LogP contribution in [0.3, 0.4) is 0 Å². The lowest BCUT2D eigenvalue weighted by Crippen LogP contribution is -2.52. The number of methoxy groups -OCH3 is 1. The summed E-state index contributed by atoms with van der Waals surface area (Å²) < 4.78 is 31.2. The van der Waals surface area contributed by atoms with Crippen LogP contribution in [0.4, 0.5) is 14.0 Å². The standard InChI is InChI=1S/C27H43FN4O5/c1-29-17-22(16-20-8-5-6-14-36-19-20)31-26(33)32-13-7-9-21(18-32)25(23-10-3-4-11-24(23)28)37-15-12-30-27(34)35-2/h3-4,10-11,20-22,25,29H,5-9,12-19H2,1-2H3,(H,30,34)(H,31,33)/t20-,21-,22?,25?/m1/s1. The summed E-state index contributed by atoms with van der Waals surface area (Å²) >= 11 is 0. The predicted molar refractivity (Wildman–Crippen MR) is 139 cm³/mol. The molecule has 4 atom stereocenters. The fourth-order valence-electron chi connectivity index (χ4n) is 5.30. The van der Waals surface area contributed by atoms with Crippen LogP contribution in [0.5, 0.6) is 0 Å². The second kappa shape index (κ2) is 15.7. The lowest BCUT2D eigenvalue weighted by Gasteiger charge is -2.38. The Hall–Kier alpha value is -2.43. The SMILES string of the molecule is CNCC(C[C@H]1CCCCOC1)NC(=O)N1CCC[C@@H](C(OCCNC(=O)OC)c2ccccc2F)C1. The number of piperidine rings is 1. The molecule has 2 saturated heterocycles. The Morgan fingerprint density at radius 2 is 2.05 bits per heavy atom. The summed E-state index contributed by atoms with van der Waals surface area (Å²) in [5.74, 6) is 0.0231. The second-order valence-corrected chi connectivity index (χ2v) is 9.96. The molecule has 37 heavy (non-hydrogen) atoms. The zero-order chi connectivity index (χ0) is 26.5. The number of nitrogens with zero attached hydrogens (tertiary/aromatic N) is 1. The molecule has 1 aromatic rings. The van der Waals surface area contributed by atoms with E-state index in [-0.39, 0.29) is 37.0 Å². The zero-order valence-electron chi connectivity index (χ0n) is 22.2. The number of likely N-dealkylation sites (tertiary alicyclic amines) is 1. The summed E-state index contributed by atoms with van der Waals surface area (Å²) in [6.07, 6.45) is 4.79. The normalized spacial score (nSPS) is 22.0. The largest absolute Gasteiger partial charge is 0.453 e. The first-order chi connectivity index (χ1) is 18.0. The fraction of sp³-hybridized carbons (Fsp3) is 0.704. The maximum Gasteiger partial charge on any atom is 0.406 e. The maximum atomic E-state index is 14.8. The van der Waals surface area contributed by atoms with E-state index in [0.717, 1.165) is 51.7 Å². The van der Waals surface area contributed by atoms with Crippen molar-refractivity contribution in [3.63, 3.8) is 0 Å². The van der Waals surface area contributed by atoms with Gasteiger partial charge in [0.2, 0.25) is 0 Å². The Morgan fingerprint density at radius 1 is 1.22 bits per heavy atom. The topological polar surface area (TPSA) is 101 Å². The van der Waals surface area contributed by atoms with Crippen molar-refractivity contribution >= 4 is 12.1 Å². The zero-order valence-corrected chi connectivity index (χ0v) is 22.2. The van der Waals surface area contributed by atoms with E-state index in [1.807, 2.05) is 11.9 Å². The molecule has 0 radical (unpaired) electrons. The lowest BCUT2D eigenvalue weighted by atomic mass is 9.88. The molecular weight excluding hydrogens is 479 g/mol. The van der Waals surface area contributed by atoms with E-state index in [2.05, 4.69) is 20.7 Å². The molecule has 3 rings (SSSR count). The summed E-state index contributed by atoms with van der Waals surface area (Å²) in [5.41, 5.74) is 0.467. The van der Waals surface area contributed by atoms with Crippen molar-refractivity contribution in [3.8, 4) is 0 Å². The van der Waals surface area contributed by atoms with Gasteiger partial charge in [0, 0.05) is 56.9 Å². The highest BCUT2D eigenvalue weighted by atomic mass is 19.1. The van der Waals surface area contributed by atoms with Crippen LogP contribution in [-0.2, 0) is 14.2 Å². The monoisotopic (exact) mass is 522 g/mol. The van der Waals surface area contributed by atoms with Crippen molar-refractivity contribution in [2.24, 2.45) is 11.8 Å². The minimum Gasteiger partial charge on any atom is -0.453 e. The maximum absolute atomic E-state index is 14.8. The number of carbonyl (C=O) groups excluding carboxylic acids is 2. The molecule has 208 valence electrons. The number of hydrogen-bond acceptors (Lipinski definition) is 6. The van der Waals surface area contributed by atoms with Crippen molar-refractivity contribution in [3.05, 3.63) is 35.6 Å². The molecule has 0 aliphatic carbocycles. The number of likely N-dealkylation sites (N-methyl/N-ethyl adjacent to an activating group) is 1. The number of alkyl carbamates (subject to hydrolysis) is 1. The van der Waals surface area contributed by atoms with Crippen molar-refractivity contribution in [2.45, 2.75) is 50.7 Å². The van der Waals surface area contributed by atoms with Gasteiger partial charge < -0.3 is 35.1 Å². The van der Waals surface area contributed by atoms with Crippen molar-refractivity contribution < 1.29 is 28.2 Å². The van der Waals surface area contributed by atoms with Gasteiger partial charge in [-0.25, -0.2) is 14.0 Å². The lowest BCUT2D eigenvalue weighted by molar-refractivity contribution is -0.0106. The minimum absolute atomic E-state index is 0.00703. The first kappa shape index (κ1) is 29.1. The summed E-state index contributed by atoms with van der Waals surface area (Å²) in [6, 6.07) is 6.49. The summed E-state index contributed by atoms with van der Waals surface area (Å²) in [6.45, 7) is 3.81. The average molecular weight is 523 g/mol. The number of hydrogen-bond donors (Lipinski definition) is 3. The number of benzene rings is 1. The molecule has 2 fully saturated rings. The second-order valence-electron chi connectivity index (χ2n) is 9.96. The van der Waals surface area contributed by atoms with Gasteiger partial charge in [-0.1, -0.05) is 24.6 Å². The van der Waals surface area contributed by atoms with Gasteiger partial charge in [-0.05, 0) is 51.1 Å². The Bertz CT molecular complexity index is 837. The van der Waals surface area contributed by atoms with E-state index < -0.39 is 12.2 Å². The molecule has 3 N–H and O–H groups in total. The molecule has 0 bridgehead atoms. The number of nitrogens with one attached hydrogen (secondary N) is 3.